The maximum atomic E-state index is 13.9. The van der Waals surface area contributed by atoms with E-state index in [9.17, 15) is 35.9 Å². The number of halogens is 6. The Morgan fingerprint density at radius 3 is 2.40 bits per heavy atom. The molecule has 3 rings (SSSR count). The Morgan fingerprint density at radius 1 is 1.07 bits per heavy atom. The molecule has 2 aromatic carbocycles. The molecule has 0 aromatic heterocycles. The number of piperidine rings is 1. The SMILES string of the molecule is CN1CC[C@H](c2ccccc2C(F)(F)F)[C@@H](C(=O)Nc2ccc(F)c(F)c2F)C1=O. The predicted octanol–water partition coefficient (Wildman–Crippen LogP) is 4.32. The van der Waals surface area contributed by atoms with E-state index in [0.717, 1.165) is 12.1 Å². The van der Waals surface area contributed by atoms with Crippen molar-refractivity contribution in [3.8, 4) is 0 Å². The Balaban J connectivity index is 2.01. The number of anilines is 1. The van der Waals surface area contributed by atoms with Crippen LogP contribution >= 0.6 is 0 Å². The van der Waals surface area contributed by atoms with Crippen LogP contribution in [0.2, 0.25) is 0 Å². The fourth-order valence-corrected chi connectivity index (χ4v) is 3.56. The van der Waals surface area contributed by atoms with Gasteiger partial charge >= 0.3 is 6.18 Å². The summed E-state index contributed by atoms with van der Waals surface area (Å²) in [6.45, 7) is 0.110. The molecule has 1 saturated heterocycles. The van der Waals surface area contributed by atoms with Crippen molar-refractivity contribution in [2.45, 2.75) is 18.5 Å². The first-order valence-electron chi connectivity index (χ1n) is 8.87. The molecule has 160 valence electrons. The summed E-state index contributed by atoms with van der Waals surface area (Å²) < 4.78 is 80.9. The molecule has 1 N–H and O–H groups in total. The highest BCUT2D eigenvalue weighted by Gasteiger charge is 2.44. The highest BCUT2D eigenvalue weighted by molar-refractivity contribution is 6.07. The summed E-state index contributed by atoms with van der Waals surface area (Å²) in [5, 5.41) is 2.01. The molecular formula is C20H16F6N2O2. The first-order chi connectivity index (χ1) is 14.0. The molecule has 1 aliphatic rings. The third kappa shape index (κ3) is 3.99. The number of rotatable bonds is 3. The second-order valence-electron chi connectivity index (χ2n) is 6.93. The maximum absolute atomic E-state index is 13.9. The Kier molecular flexibility index (Phi) is 5.78. The topological polar surface area (TPSA) is 49.4 Å². The van der Waals surface area contributed by atoms with E-state index in [1.807, 2.05) is 5.32 Å². The highest BCUT2D eigenvalue weighted by atomic mass is 19.4. The van der Waals surface area contributed by atoms with E-state index >= 15 is 0 Å². The zero-order chi connectivity index (χ0) is 22.2. The molecule has 2 amide bonds. The molecule has 1 heterocycles. The number of likely N-dealkylation sites (tertiary alicyclic amines) is 1. The lowest BCUT2D eigenvalue weighted by Crippen LogP contribution is -2.48. The van der Waals surface area contributed by atoms with Crippen molar-refractivity contribution in [3.05, 3.63) is 65.0 Å². The molecular weight excluding hydrogens is 414 g/mol. The van der Waals surface area contributed by atoms with Gasteiger partial charge in [-0.3, -0.25) is 9.59 Å². The van der Waals surface area contributed by atoms with E-state index in [1.165, 1.54) is 30.1 Å². The smallest absolute Gasteiger partial charge is 0.345 e. The van der Waals surface area contributed by atoms with E-state index in [-0.39, 0.29) is 18.5 Å². The van der Waals surface area contributed by atoms with Crippen LogP contribution in [0.25, 0.3) is 0 Å². The van der Waals surface area contributed by atoms with Crippen LogP contribution in [-0.2, 0) is 15.8 Å². The van der Waals surface area contributed by atoms with Crippen LogP contribution in [0.3, 0.4) is 0 Å². The molecule has 10 heteroatoms. The third-order valence-corrected chi connectivity index (χ3v) is 5.06. The number of carbonyl (C=O) groups excluding carboxylic acids is 2. The number of nitrogens with zero attached hydrogens (tertiary/aromatic N) is 1. The number of hydrogen-bond donors (Lipinski definition) is 1. The number of hydrogen-bond acceptors (Lipinski definition) is 2. The maximum Gasteiger partial charge on any atom is 0.416 e. The molecule has 0 bridgehead atoms. The molecule has 1 fully saturated rings. The molecule has 30 heavy (non-hydrogen) atoms. The average molecular weight is 430 g/mol. The number of alkyl halides is 3. The van der Waals surface area contributed by atoms with Crippen molar-refractivity contribution in [3.63, 3.8) is 0 Å². The van der Waals surface area contributed by atoms with Gasteiger partial charge in [0.1, 0.15) is 5.92 Å². The van der Waals surface area contributed by atoms with Crippen LogP contribution in [0.1, 0.15) is 23.5 Å². The van der Waals surface area contributed by atoms with Gasteiger partial charge in [0.2, 0.25) is 11.8 Å². The molecule has 1 aliphatic heterocycles. The van der Waals surface area contributed by atoms with Gasteiger partial charge in [-0.25, -0.2) is 13.2 Å². The average Bonchev–Trinajstić information content (AvgIpc) is 2.69. The van der Waals surface area contributed by atoms with Crippen molar-refractivity contribution < 1.29 is 35.9 Å². The minimum atomic E-state index is -4.71. The molecule has 0 saturated carbocycles. The quantitative estimate of drug-likeness (QED) is 0.448. The molecule has 0 spiro atoms. The van der Waals surface area contributed by atoms with Gasteiger partial charge in [0.25, 0.3) is 0 Å². The van der Waals surface area contributed by atoms with Crippen molar-refractivity contribution in [2.24, 2.45) is 5.92 Å². The van der Waals surface area contributed by atoms with Crippen LogP contribution in [0.4, 0.5) is 32.0 Å². The normalized spacial score (nSPS) is 19.7. The highest BCUT2D eigenvalue weighted by Crippen LogP contribution is 2.41. The molecule has 0 radical (unpaired) electrons. The van der Waals surface area contributed by atoms with E-state index in [0.29, 0.717) is 6.07 Å². The summed E-state index contributed by atoms with van der Waals surface area (Å²) in [6.07, 6.45) is -4.66. The van der Waals surface area contributed by atoms with Gasteiger partial charge in [-0.1, -0.05) is 18.2 Å². The van der Waals surface area contributed by atoms with Crippen LogP contribution in [-0.4, -0.2) is 30.3 Å². The van der Waals surface area contributed by atoms with Crippen LogP contribution in [0, 0.1) is 23.4 Å². The standard InChI is InChI=1S/C20H16F6N2O2/c1-28-9-8-11(10-4-2-3-5-12(10)20(24,25)26)15(19(28)30)18(29)27-14-7-6-13(21)16(22)17(14)23/h2-7,11,15H,8-9H2,1H3,(H,27,29)/t11-,15+/m1/s1. The van der Waals surface area contributed by atoms with Crippen molar-refractivity contribution in [1.29, 1.82) is 0 Å². The van der Waals surface area contributed by atoms with E-state index in [1.54, 1.807) is 0 Å². The predicted molar refractivity (Wildman–Crippen MR) is 94.9 cm³/mol. The minimum absolute atomic E-state index is 0.0493. The lowest BCUT2D eigenvalue weighted by Gasteiger charge is -2.36. The fraction of sp³-hybridized carbons (Fsp3) is 0.300. The summed E-state index contributed by atoms with van der Waals surface area (Å²) in [4.78, 5) is 26.6. The van der Waals surface area contributed by atoms with Gasteiger partial charge in [-0.05, 0) is 30.2 Å². The van der Waals surface area contributed by atoms with Crippen LogP contribution < -0.4 is 5.32 Å². The lowest BCUT2D eigenvalue weighted by atomic mass is 9.77. The van der Waals surface area contributed by atoms with Gasteiger partial charge in [0.15, 0.2) is 17.5 Å². The fourth-order valence-electron chi connectivity index (χ4n) is 3.56. The largest absolute Gasteiger partial charge is 0.416 e. The second-order valence-corrected chi connectivity index (χ2v) is 6.93. The minimum Gasteiger partial charge on any atom is -0.345 e. The van der Waals surface area contributed by atoms with Crippen LogP contribution in [0.15, 0.2) is 36.4 Å². The van der Waals surface area contributed by atoms with E-state index in [2.05, 4.69) is 0 Å². The first-order valence-corrected chi connectivity index (χ1v) is 8.87. The number of carbonyl (C=O) groups is 2. The third-order valence-electron chi connectivity index (χ3n) is 5.06. The molecule has 4 nitrogen and oxygen atoms in total. The van der Waals surface area contributed by atoms with Gasteiger partial charge in [0.05, 0.1) is 11.3 Å². The molecule has 0 aliphatic carbocycles. The Labute approximate surface area is 167 Å². The van der Waals surface area contributed by atoms with Gasteiger partial charge < -0.3 is 10.2 Å². The monoisotopic (exact) mass is 430 g/mol. The Bertz CT molecular complexity index is 992. The first kappa shape index (κ1) is 21.7. The summed E-state index contributed by atoms with van der Waals surface area (Å²) in [5.74, 6) is -9.59. The van der Waals surface area contributed by atoms with Gasteiger partial charge in [-0.15, -0.1) is 0 Å². The van der Waals surface area contributed by atoms with Crippen molar-refractivity contribution in [1.82, 2.24) is 4.90 Å². The number of nitrogens with one attached hydrogen (secondary N) is 1. The summed E-state index contributed by atoms with van der Waals surface area (Å²) in [6, 6.07) is 5.93. The van der Waals surface area contributed by atoms with Crippen molar-refractivity contribution >= 4 is 17.5 Å². The molecule has 0 unspecified atom stereocenters. The molecule has 2 atom stereocenters. The second kappa shape index (κ2) is 8.00. The molecule has 2 aromatic rings. The Morgan fingerprint density at radius 2 is 1.73 bits per heavy atom. The van der Waals surface area contributed by atoms with Crippen LogP contribution in [0.5, 0.6) is 0 Å². The number of benzene rings is 2. The summed E-state index contributed by atoms with van der Waals surface area (Å²) >= 11 is 0. The van der Waals surface area contributed by atoms with Gasteiger partial charge in [0, 0.05) is 19.5 Å². The number of amides is 2. The van der Waals surface area contributed by atoms with E-state index in [4.69, 9.17) is 0 Å². The summed E-state index contributed by atoms with van der Waals surface area (Å²) in [7, 11) is 1.38. The zero-order valence-electron chi connectivity index (χ0n) is 15.6. The van der Waals surface area contributed by atoms with Crippen molar-refractivity contribution in [2.75, 3.05) is 18.9 Å². The lowest BCUT2D eigenvalue weighted by molar-refractivity contribution is -0.145. The van der Waals surface area contributed by atoms with E-state index < -0.39 is 58.5 Å². The Hall–Kier alpha value is -3.04. The zero-order valence-corrected chi connectivity index (χ0v) is 15.6. The summed E-state index contributed by atoms with van der Waals surface area (Å²) in [5.41, 5.74) is -1.94. The van der Waals surface area contributed by atoms with Gasteiger partial charge in [-0.2, -0.15) is 13.2 Å².